The Kier molecular flexibility index (Phi) is 8.80. The molecule has 5 rings (SSSR count). The zero-order valence-corrected chi connectivity index (χ0v) is 23.8. The molecule has 0 atom stereocenters. The van der Waals surface area contributed by atoms with Gasteiger partial charge in [0.25, 0.3) is 0 Å². The van der Waals surface area contributed by atoms with E-state index in [1.54, 1.807) is 41.3 Å². The largest absolute Gasteiger partial charge is 0.493 e. The number of aromatic amines is 1. The number of amides is 2. The Balaban J connectivity index is 1.38. The molecule has 14 nitrogen and oxygen atoms in total. The van der Waals surface area contributed by atoms with E-state index in [1.165, 1.54) is 7.11 Å². The third-order valence-corrected chi connectivity index (χ3v) is 7.21. The molecular weight excluding hydrogens is 554 g/mol. The number of H-pyrrole nitrogens is 1. The molecule has 3 heterocycles. The second-order valence-corrected chi connectivity index (χ2v) is 9.83. The van der Waals surface area contributed by atoms with Crippen molar-refractivity contribution >= 4 is 34.3 Å². The molecule has 0 spiro atoms. The number of carbonyl (C=O) groups excluding carboxylic acids is 1. The maximum absolute atomic E-state index is 12.9. The minimum absolute atomic E-state index is 0.140. The van der Waals surface area contributed by atoms with Crippen LogP contribution in [0.1, 0.15) is 40.8 Å². The van der Waals surface area contributed by atoms with Crippen LogP contribution >= 0.6 is 0 Å². The smallest absolute Gasteiger partial charge is 0.339 e. The Morgan fingerprint density at radius 2 is 1.91 bits per heavy atom. The number of aryl methyl sites for hydroxylation is 2. The monoisotopic (exact) mass is 585 g/mol. The van der Waals surface area contributed by atoms with Gasteiger partial charge in [-0.05, 0) is 43.2 Å². The highest BCUT2D eigenvalue weighted by Crippen LogP contribution is 2.39. The van der Waals surface area contributed by atoms with Gasteiger partial charge in [-0.3, -0.25) is 4.98 Å². The number of carbonyl (C=O) groups is 2. The molecule has 1 aliphatic rings. The highest BCUT2D eigenvalue weighted by Gasteiger charge is 2.29. The fraction of sp³-hybridized carbons (Fsp3) is 0.345. The number of tetrazole rings is 1. The normalized spacial score (nSPS) is 13.0. The molecule has 1 fully saturated rings. The number of benzene rings is 2. The second kappa shape index (κ2) is 13.0. The van der Waals surface area contributed by atoms with E-state index >= 15 is 0 Å². The lowest BCUT2D eigenvalue weighted by Crippen LogP contribution is -2.50. The Bertz CT molecular complexity index is 1640. The van der Waals surface area contributed by atoms with Crippen LogP contribution in [-0.4, -0.2) is 87.5 Å². The van der Waals surface area contributed by atoms with E-state index < -0.39 is 5.97 Å². The van der Waals surface area contributed by atoms with Gasteiger partial charge in [-0.1, -0.05) is 12.1 Å². The van der Waals surface area contributed by atoms with Crippen LogP contribution in [0.4, 0.5) is 16.2 Å². The zero-order valence-electron chi connectivity index (χ0n) is 23.8. The molecule has 2 aromatic heterocycles. The first kappa shape index (κ1) is 29.1. The predicted molar refractivity (Wildman–Crippen MR) is 157 cm³/mol. The Morgan fingerprint density at radius 3 is 2.53 bits per heavy atom. The van der Waals surface area contributed by atoms with Gasteiger partial charge in [-0.15, -0.1) is 10.2 Å². The number of nitrogens with one attached hydrogen (secondary N) is 2. The van der Waals surface area contributed by atoms with Crippen molar-refractivity contribution in [2.75, 3.05) is 50.1 Å². The molecule has 2 aromatic carbocycles. The minimum atomic E-state index is -1.07. The van der Waals surface area contributed by atoms with E-state index in [0.29, 0.717) is 103 Å². The number of pyridine rings is 1. The van der Waals surface area contributed by atoms with Gasteiger partial charge in [0.2, 0.25) is 0 Å². The number of carboxylic acids is 1. The summed E-state index contributed by atoms with van der Waals surface area (Å²) in [6, 6.07) is 12.0. The highest BCUT2D eigenvalue weighted by molar-refractivity contribution is 6.06. The number of aromatic carboxylic acids is 1. The summed E-state index contributed by atoms with van der Waals surface area (Å²) in [4.78, 5) is 33.9. The van der Waals surface area contributed by atoms with Crippen LogP contribution in [-0.2, 0) is 12.8 Å². The van der Waals surface area contributed by atoms with Crippen LogP contribution < -0.4 is 19.7 Å². The lowest BCUT2D eigenvalue weighted by atomic mass is 10.0. The first-order valence-corrected chi connectivity index (χ1v) is 13.9. The Labute approximate surface area is 247 Å². The molecule has 0 aliphatic carbocycles. The van der Waals surface area contributed by atoms with Crippen molar-refractivity contribution in [3.05, 3.63) is 59.0 Å². The summed E-state index contributed by atoms with van der Waals surface area (Å²) in [7, 11) is 1.53. The van der Waals surface area contributed by atoms with Gasteiger partial charge < -0.3 is 29.7 Å². The minimum Gasteiger partial charge on any atom is -0.493 e. The van der Waals surface area contributed by atoms with Crippen molar-refractivity contribution in [3.8, 4) is 17.6 Å². The standard InChI is InChI=1S/C29H31N9O5/c1-3-21-26(28(39)40)27(37-10-12-38(13-11-37)29(41)31-19-8-6-18(17-30)7-9-19)20-15-23(42-2)24(16-22(20)32-21)43-14-4-5-25-33-35-36-34-25/h6-9,15-16H,3-5,10-14H2,1-2H3,(H,31,41)(H,39,40)(H,33,34,35,36). The molecule has 0 bridgehead atoms. The number of urea groups is 1. The molecule has 4 aromatic rings. The van der Waals surface area contributed by atoms with Crippen molar-refractivity contribution in [1.29, 1.82) is 5.26 Å². The number of nitriles is 1. The number of fused-ring (bicyclic) bond motifs is 1. The third-order valence-electron chi connectivity index (χ3n) is 7.21. The van der Waals surface area contributed by atoms with Crippen LogP contribution in [0.5, 0.6) is 11.5 Å². The Morgan fingerprint density at radius 1 is 1.14 bits per heavy atom. The number of anilines is 2. The van der Waals surface area contributed by atoms with Crippen molar-refractivity contribution in [1.82, 2.24) is 30.5 Å². The fourth-order valence-electron chi connectivity index (χ4n) is 5.05. The van der Waals surface area contributed by atoms with Gasteiger partial charge in [0.15, 0.2) is 17.3 Å². The summed E-state index contributed by atoms with van der Waals surface area (Å²) in [6.07, 6.45) is 1.67. The van der Waals surface area contributed by atoms with Crippen LogP contribution in [0.25, 0.3) is 10.9 Å². The van der Waals surface area contributed by atoms with Crippen molar-refractivity contribution < 1.29 is 24.2 Å². The van der Waals surface area contributed by atoms with Crippen molar-refractivity contribution in [2.45, 2.75) is 26.2 Å². The maximum Gasteiger partial charge on any atom is 0.339 e. The number of piperazine rings is 1. The molecule has 0 unspecified atom stereocenters. The van der Waals surface area contributed by atoms with Crippen LogP contribution in [0.2, 0.25) is 0 Å². The average molecular weight is 586 g/mol. The molecule has 0 radical (unpaired) electrons. The van der Waals surface area contributed by atoms with Gasteiger partial charge >= 0.3 is 12.0 Å². The summed E-state index contributed by atoms with van der Waals surface area (Å²) in [6.45, 7) is 3.84. The number of nitrogens with zero attached hydrogens (tertiary/aromatic N) is 7. The van der Waals surface area contributed by atoms with Crippen molar-refractivity contribution in [2.24, 2.45) is 0 Å². The van der Waals surface area contributed by atoms with Crippen LogP contribution in [0.15, 0.2) is 36.4 Å². The van der Waals surface area contributed by atoms with E-state index in [4.69, 9.17) is 19.7 Å². The maximum atomic E-state index is 12.9. The molecule has 43 heavy (non-hydrogen) atoms. The first-order chi connectivity index (χ1) is 20.9. The molecule has 0 saturated carbocycles. The summed E-state index contributed by atoms with van der Waals surface area (Å²) < 4.78 is 11.7. The number of carboxylic acid groups (broad SMARTS) is 1. The van der Waals surface area contributed by atoms with Gasteiger partial charge in [0, 0.05) is 49.7 Å². The summed E-state index contributed by atoms with van der Waals surface area (Å²) in [5.74, 6) is 0.483. The second-order valence-electron chi connectivity index (χ2n) is 9.83. The third kappa shape index (κ3) is 6.40. The zero-order chi connectivity index (χ0) is 30.3. The van der Waals surface area contributed by atoms with Crippen LogP contribution in [0, 0.1) is 11.3 Å². The average Bonchev–Trinajstić information content (AvgIpc) is 3.55. The van der Waals surface area contributed by atoms with Gasteiger partial charge in [-0.2, -0.15) is 10.5 Å². The number of methoxy groups -OCH3 is 1. The predicted octanol–water partition coefficient (Wildman–Crippen LogP) is 3.25. The van der Waals surface area contributed by atoms with E-state index in [0.717, 1.165) is 0 Å². The summed E-state index contributed by atoms with van der Waals surface area (Å²) >= 11 is 0. The molecule has 222 valence electrons. The van der Waals surface area contributed by atoms with Gasteiger partial charge in [-0.25, -0.2) is 9.59 Å². The lowest BCUT2D eigenvalue weighted by molar-refractivity contribution is 0.0695. The van der Waals surface area contributed by atoms with E-state index in [-0.39, 0.29) is 11.6 Å². The van der Waals surface area contributed by atoms with E-state index in [2.05, 4.69) is 32.0 Å². The summed E-state index contributed by atoms with van der Waals surface area (Å²) in [5, 5.41) is 36.6. The molecule has 1 aliphatic heterocycles. The van der Waals surface area contributed by atoms with Crippen LogP contribution in [0.3, 0.4) is 0 Å². The van der Waals surface area contributed by atoms with Gasteiger partial charge in [0.1, 0.15) is 5.56 Å². The van der Waals surface area contributed by atoms with Gasteiger partial charge in [0.05, 0.1) is 42.2 Å². The quantitative estimate of drug-likeness (QED) is 0.232. The SMILES string of the molecule is CCc1nc2cc(OCCCc3nn[nH]n3)c(OC)cc2c(N2CCN(C(=O)Nc3ccc(C#N)cc3)CC2)c1C(=O)O. The van der Waals surface area contributed by atoms with E-state index in [9.17, 15) is 14.7 Å². The number of aromatic nitrogens is 5. The number of hydrogen-bond donors (Lipinski definition) is 3. The number of hydrogen-bond acceptors (Lipinski definition) is 10. The first-order valence-electron chi connectivity index (χ1n) is 13.9. The molecule has 1 saturated heterocycles. The van der Waals surface area contributed by atoms with Crippen molar-refractivity contribution in [3.63, 3.8) is 0 Å². The topological polar surface area (TPSA) is 182 Å². The van der Waals surface area contributed by atoms with E-state index in [1.807, 2.05) is 11.8 Å². The summed E-state index contributed by atoms with van der Waals surface area (Å²) in [5.41, 5.74) is 2.83. The number of rotatable bonds is 10. The number of ether oxygens (including phenoxy) is 2. The molecule has 14 heteroatoms. The molecular formula is C29H31N9O5. The highest BCUT2D eigenvalue weighted by atomic mass is 16.5. The lowest BCUT2D eigenvalue weighted by Gasteiger charge is -2.37. The molecule has 2 amide bonds. The Hall–Kier alpha value is -5.45. The fourth-order valence-corrected chi connectivity index (χ4v) is 5.05. The molecule has 3 N–H and O–H groups in total.